The van der Waals surface area contributed by atoms with Gasteiger partial charge in [0.05, 0.1) is 0 Å². The van der Waals surface area contributed by atoms with Crippen molar-refractivity contribution < 1.29 is 14.3 Å². The lowest BCUT2D eigenvalue weighted by Gasteiger charge is -2.12. The van der Waals surface area contributed by atoms with Gasteiger partial charge in [-0.1, -0.05) is 41.9 Å². The fraction of sp³-hybridized carbons (Fsp3) is 0.100. The molecule has 0 saturated heterocycles. The van der Waals surface area contributed by atoms with Gasteiger partial charge in [0.25, 0.3) is 11.8 Å². The number of hydrogen-bond acceptors (Lipinski definition) is 3. The Morgan fingerprint density at radius 3 is 2.54 bits per heavy atom. The molecule has 0 aromatic heterocycles. The van der Waals surface area contributed by atoms with Crippen LogP contribution in [-0.2, 0) is 11.2 Å². The topological polar surface area (TPSA) is 67.4 Å². The Labute approximate surface area is 154 Å². The van der Waals surface area contributed by atoms with Gasteiger partial charge in [0.2, 0.25) is 0 Å². The summed E-state index contributed by atoms with van der Waals surface area (Å²) in [7, 11) is 0. The van der Waals surface area contributed by atoms with Crippen molar-refractivity contribution in [2.45, 2.75) is 12.5 Å². The van der Waals surface area contributed by atoms with E-state index >= 15 is 0 Å². The van der Waals surface area contributed by atoms with Crippen LogP contribution < -0.4 is 15.6 Å². The molecule has 1 aliphatic heterocycles. The Bertz CT molecular complexity index is 1000. The van der Waals surface area contributed by atoms with E-state index in [0.717, 1.165) is 16.3 Å². The van der Waals surface area contributed by atoms with Gasteiger partial charge >= 0.3 is 0 Å². The maximum absolute atomic E-state index is 12.4. The zero-order valence-electron chi connectivity index (χ0n) is 13.7. The van der Waals surface area contributed by atoms with Gasteiger partial charge < -0.3 is 4.74 Å². The second-order valence-corrected chi connectivity index (χ2v) is 6.46. The first-order valence-electron chi connectivity index (χ1n) is 8.15. The monoisotopic (exact) mass is 366 g/mol. The molecule has 5 nitrogen and oxygen atoms in total. The highest BCUT2D eigenvalue weighted by Crippen LogP contribution is 2.34. The molecule has 0 bridgehead atoms. The molecule has 2 amide bonds. The molecule has 6 heteroatoms. The quantitative estimate of drug-likeness (QED) is 0.684. The molecule has 0 saturated carbocycles. The van der Waals surface area contributed by atoms with E-state index < -0.39 is 17.9 Å². The molecule has 3 aromatic carbocycles. The minimum Gasteiger partial charge on any atom is -0.480 e. The number of amides is 2. The third-order valence-corrected chi connectivity index (χ3v) is 4.61. The van der Waals surface area contributed by atoms with Crippen LogP contribution in [0.15, 0.2) is 60.7 Å². The molecule has 0 radical (unpaired) electrons. The lowest BCUT2D eigenvalue weighted by atomic mass is 10.0. The highest BCUT2D eigenvalue weighted by Gasteiger charge is 2.30. The number of halogens is 1. The summed E-state index contributed by atoms with van der Waals surface area (Å²) >= 11 is 5.80. The fourth-order valence-electron chi connectivity index (χ4n) is 3.04. The molecule has 0 fully saturated rings. The van der Waals surface area contributed by atoms with Gasteiger partial charge in [0.15, 0.2) is 6.10 Å². The number of ether oxygens (including phenoxy) is 1. The smallest absolute Gasteiger partial charge is 0.279 e. The summed E-state index contributed by atoms with van der Waals surface area (Å²) in [6.07, 6.45) is -0.222. The van der Waals surface area contributed by atoms with E-state index in [9.17, 15) is 9.59 Å². The van der Waals surface area contributed by atoms with Gasteiger partial charge in [0.1, 0.15) is 5.75 Å². The van der Waals surface area contributed by atoms with Crippen LogP contribution in [0.4, 0.5) is 0 Å². The van der Waals surface area contributed by atoms with Crippen molar-refractivity contribution in [3.8, 4) is 5.75 Å². The zero-order valence-corrected chi connectivity index (χ0v) is 14.4. The fourth-order valence-corrected chi connectivity index (χ4v) is 3.16. The van der Waals surface area contributed by atoms with Crippen molar-refractivity contribution in [1.82, 2.24) is 10.9 Å². The summed E-state index contributed by atoms with van der Waals surface area (Å²) in [5.41, 5.74) is 6.23. The van der Waals surface area contributed by atoms with Crippen LogP contribution in [0.25, 0.3) is 10.8 Å². The van der Waals surface area contributed by atoms with Gasteiger partial charge in [-0.05, 0) is 41.1 Å². The van der Waals surface area contributed by atoms with E-state index in [1.54, 1.807) is 24.3 Å². The summed E-state index contributed by atoms with van der Waals surface area (Å²) < 4.78 is 5.75. The van der Waals surface area contributed by atoms with Gasteiger partial charge in [0, 0.05) is 22.6 Å². The molecule has 26 heavy (non-hydrogen) atoms. The lowest BCUT2D eigenvalue weighted by molar-refractivity contribution is -0.128. The van der Waals surface area contributed by atoms with Gasteiger partial charge in [-0.2, -0.15) is 0 Å². The molecular weight excluding hydrogens is 352 g/mol. The molecule has 1 atom stereocenters. The molecule has 0 spiro atoms. The van der Waals surface area contributed by atoms with Crippen LogP contribution in [0.2, 0.25) is 5.02 Å². The van der Waals surface area contributed by atoms with Crippen LogP contribution >= 0.6 is 11.6 Å². The molecule has 1 heterocycles. The predicted octanol–water partition coefficient (Wildman–Crippen LogP) is 3.26. The average Bonchev–Trinajstić information content (AvgIpc) is 3.11. The first kappa shape index (κ1) is 16.4. The first-order chi connectivity index (χ1) is 12.6. The number of benzene rings is 3. The van der Waals surface area contributed by atoms with Gasteiger partial charge in [-0.25, -0.2) is 0 Å². The Balaban J connectivity index is 1.42. The number of carbonyl (C=O) groups is 2. The van der Waals surface area contributed by atoms with Gasteiger partial charge in [-0.3, -0.25) is 20.4 Å². The lowest BCUT2D eigenvalue weighted by Crippen LogP contribution is -2.47. The van der Waals surface area contributed by atoms with Crippen molar-refractivity contribution in [3.63, 3.8) is 0 Å². The second kappa shape index (κ2) is 6.69. The van der Waals surface area contributed by atoms with Crippen LogP contribution in [0.5, 0.6) is 5.75 Å². The number of carbonyl (C=O) groups excluding carboxylic acids is 2. The summed E-state index contributed by atoms with van der Waals surface area (Å²) in [5.74, 6) is -0.114. The molecule has 2 N–H and O–H groups in total. The number of nitrogens with one attached hydrogen (secondary N) is 2. The molecule has 3 aromatic rings. The first-order valence-corrected chi connectivity index (χ1v) is 8.52. The van der Waals surface area contributed by atoms with Crippen molar-refractivity contribution in [2.24, 2.45) is 0 Å². The maximum atomic E-state index is 12.4. The number of rotatable bonds is 2. The molecular formula is C20H15ClN2O3. The van der Waals surface area contributed by atoms with Crippen molar-refractivity contribution in [3.05, 3.63) is 76.8 Å². The summed E-state index contributed by atoms with van der Waals surface area (Å²) in [6.45, 7) is 0. The molecule has 0 aliphatic carbocycles. The van der Waals surface area contributed by atoms with E-state index in [-0.39, 0.29) is 0 Å². The average molecular weight is 367 g/mol. The zero-order chi connectivity index (χ0) is 18.1. The minimum atomic E-state index is -0.679. The number of hydrogen-bond donors (Lipinski definition) is 2. The number of hydrazine groups is 1. The SMILES string of the molecule is O=C(NNC(=O)C1Cc2c(ccc3ccccc23)O1)c1ccc(Cl)cc1. The van der Waals surface area contributed by atoms with E-state index in [2.05, 4.69) is 10.9 Å². The Morgan fingerprint density at radius 2 is 1.73 bits per heavy atom. The highest BCUT2D eigenvalue weighted by atomic mass is 35.5. The highest BCUT2D eigenvalue weighted by molar-refractivity contribution is 6.30. The Kier molecular flexibility index (Phi) is 4.22. The number of fused-ring (bicyclic) bond motifs is 3. The maximum Gasteiger partial charge on any atom is 0.279 e. The second-order valence-electron chi connectivity index (χ2n) is 6.02. The summed E-state index contributed by atoms with van der Waals surface area (Å²) in [6, 6.07) is 18.2. The Hall–Kier alpha value is -3.05. The van der Waals surface area contributed by atoms with E-state index in [4.69, 9.17) is 16.3 Å². The molecule has 1 aliphatic rings. The normalized spacial score (nSPS) is 15.2. The van der Waals surface area contributed by atoms with Crippen LogP contribution in [0.1, 0.15) is 15.9 Å². The molecule has 4 rings (SSSR count). The van der Waals surface area contributed by atoms with E-state index in [0.29, 0.717) is 22.8 Å². The predicted molar refractivity (Wildman–Crippen MR) is 99.1 cm³/mol. The third kappa shape index (κ3) is 3.09. The van der Waals surface area contributed by atoms with Crippen molar-refractivity contribution in [2.75, 3.05) is 0 Å². The molecule has 130 valence electrons. The van der Waals surface area contributed by atoms with Crippen LogP contribution in [0.3, 0.4) is 0 Å². The standard InChI is InChI=1S/C20H15ClN2O3/c21-14-8-5-13(6-9-14)19(24)22-23-20(25)18-11-16-15-4-2-1-3-12(15)7-10-17(16)26-18/h1-10,18H,11H2,(H,22,24)(H,23,25). The van der Waals surface area contributed by atoms with Crippen LogP contribution in [0, 0.1) is 0 Å². The van der Waals surface area contributed by atoms with E-state index in [1.807, 2.05) is 36.4 Å². The third-order valence-electron chi connectivity index (χ3n) is 4.35. The Morgan fingerprint density at radius 1 is 0.962 bits per heavy atom. The van der Waals surface area contributed by atoms with Gasteiger partial charge in [-0.15, -0.1) is 0 Å². The van der Waals surface area contributed by atoms with Crippen molar-refractivity contribution >= 4 is 34.2 Å². The van der Waals surface area contributed by atoms with Crippen molar-refractivity contribution in [1.29, 1.82) is 0 Å². The largest absolute Gasteiger partial charge is 0.480 e. The minimum absolute atomic E-state index is 0.396. The molecule has 1 unspecified atom stereocenters. The van der Waals surface area contributed by atoms with Crippen LogP contribution in [-0.4, -0.2) is 17.9 Å². The summed E-state index contributed by atoms with van der Waals surface area (Å²) in [4.78, 5) is 24.4. The van der Waals surface area contributed by atoms with E-state index in [1.165, 1.54) is 0 Å². The summed E-state index contributed by atoms with van der Waals surface area (Å²) in [5, 5.41) is 2.72.